The quantitative estimate of drug-likeness (QED) is 0.132. The van der Waals surface area contributed by atoms with Crippen LogP contribution in [0.3, 0.4) is 0 Å². The molecule has 0 atom stereocenters. The van der Waals surface area contributed by atoms with E-state index >= 15 is 0 Å². The average Bonchev–Trinajstić information content (AvgIpc) is 3.23. The van der Waals surface area contributed by atoms with E-state index < -0.39 is 10.8 Å². The Balaban J connectivity index is 1.36. The van der Waals surface area contributed by atoms with Crippen molar-refractivity contribution in [3.05, 3.63) is 101 Å². The molecule has 1 aromatic heterocycles. The van der Waals surface area contributed by atoms with Crippen molar-refractivity contribution in [2.45, 2.75) is 6.61 Å². The minimum atomic E-state index is -0.474. The molecule has 0 aliphatic heterocycles. The average molecular weight is 652 g/mol. The summed E-state index contributed by atoms with van der Waals surface area (Å²) in [6, 6.07) is 16.8. The fraction of sp³-hybridized carbons (Fsp3) is 0.0435. The molecule has 0 bridgehead atoms. The number of halogens is 3. The predicted octanol–water partition coefficient (Wildman–Crippen LogP) is 6.97. The van der Waals surface area contributed by atoms with E-state index in [1.807, 2.05) is 12.1 Å². The molecular weight excluding hydrogens is 638 g/mol. The van der Waals surface area contributed by atoms with Crippen molar-refractivity contribution in [1.82, 2.24) is 5.43 Å². The summed E-state index contributed by atoms with van der Waals surface area (Å²) in [5, 5.41) is 15.5. The van der Waals surface area contributed by atoms with E-state index in [9.17, 15) is 14.9 Å². The minimum Gasteiger partial charge on any atom is -0.488 e. The van der Waals surface area contributed by atoms with Gasteiger partial charge in [-0.1, -0.05) is 15.9 Å². The molecule has 4 aromatic rings. The Morgan fingerprint density at radius 1 is 1.06 bits per heavy atom. The largest absolute Gasteiger partial charge is 0.488 e. The number of non-ortho nitro benzene ring substituents is 1. The Hall–Kier alpha value is -3.02. The van der Waals surface area contributed by atoms with Gasteiger partial charge in [-0.25, -0.2) is 5.43 Å². The Labute approximate surface area is 218 Å². The van der Waals surface area contributed by atoms with Gasteiger partial charge in [-0.2, -0.15) is 5.10 Å². The maximum atomic E-state index is 12.4. The molecule has 8 nitrogen and oxygen atoms in total. The molecule has 1 amide bonds. The standard InChI is InChI=1S/C23H14Br3N3O5/c24-16-8-15-9-21(34-22(15)19(26)10-16)23(30)28-27-11-14-3-6-20(18(25)7-14)33-12-13-1-4-17(5-2-13)29(31)32/h1-11H,12H2,(H,28,30)/b27-11-. The fourth-order valence-electron chi connectivity index (χ4n) is 3.00. The third kappa shape index (κ3) is 5.72. The molecule has 172 valence electrons. The first kappa shape index (κ1) is 24.1. The summed E-state index contributed by atoms with van der Waals surface area (Å²) in [6.07, 6.45) is 1.50. The molecule has 1 heterocycles. The number of furan rings is 1. The number of nitrogens with one attached hydrogen (secondary N) is 1. The monoisotopic (exact) mass is 649 g/mol. The van der Waals surface area contributed by atoms with Crippen molar-refractivity contribution < 1.29 is 18.9 Å². The maximum absolute atomic E-state index is 12.4. The van der Waals surface area contributed by atoms with Crippen LogP contribution < -0.4 is 10.2 Å². The van der Waals surface area contributed by atoms with Crippen molar-refractivity contribution in [1.29, 1.82) is 0 Å². The number of carbonyl (C=O) groups is 1. The summed E-state index contributed by atoms with van der Waals surface area (Å²) in [7, 11) is 0. The number of amides is 1. The summed E-state index contributed by atoms with van der Waals surface area (Å²) < 4.78 is 13.7. The number of nitro groups is 1. The van der Waals surface area contributed by atoms with Crippen LogP contribution in [0.15, 0.2) is 83.6 Å². The third-order valence-corrected chi connectivity index (χ3v) is 6.30. The lowest BCUT2D eigenvalue weighted by Crippen LogP contribution is -2.16. The van der Waals surface area contributed by atoms with Crippen LogP contribution in [-0.2, 0) is 6.61 Å². The maximum Gasteiger partial charge on any atom is 0.307 e. The van der Waals surface area contributed by atoms with Crippen molar-refractivity contribution in [3.8, 4) is 5.75 Å². The van der Waals surface area contributed by atoms with Crippen LogP contribution in [0.2, 0.25) is 0 Å². The molecule has 0 fully saturated rings. The highest BCUT2D eigenvalue weighted by Gasteiger charge is 2.14. The summed E-state index contributed by atoms with van der Waals surface area (Å²) >= 11 is 10.3. The Morgan fingerprint density at radius 2 is 1.82 bits per heavy atom. The number of hydrogen-bond acceptors (Lipinski definition) is 6. The van der Waals surface area contributed by atoms with Crippen LogP contribution in [0.1, 0.15) is 21.7 Å². The number of fused-ring (bicyclic) bond motifs is 1. The highest BCUT2D eigenvalue weighted by molar-refractivity contribution is 9.11. The van der Waals surface area contributed by atoms with Gasteiger partial charge in [0.2, 0.25) is 0 Å². The molecule has 0 saturated carbocycles. The number of ether oxygens (including phenoxy) is 1. The van der Waals surface area contributed by atoms with Gasteiger partial charge in [-0.05, 0) is 91.5 Å². The zero-order valence-electron chi connectivity index (χ0n) is 17.1. The lowest BCUT2D eigenvalue weighted by Gasteiger charge is -2.09. The van der Waals surface area contributed by atoms with Crippen molar-refractivity contribution in [2.24, 2.45) is 5.10 Å². The van der Waals surface area contributed by atoms with Crippen molar-refractivity contribution >= 4 is 76.6 Å². The summed E-state index contributed by atoms with van der Waals surface area (Å²) in [5.74, 6) is 0.262. The van der Waals surface area contributed by atoms with Gasteiger partial charge >= 0.3 is 5.91 Å². The molecule has 0 radical (unpaired) electrons. The molecule has 11 heteroatoms. The van der Waals surface area contributed by atoms with E-state index in [2.05, 4.69) is 58.3 Å². The highest BCUT2D eigenvalue weighted by atomic mass is 79.9. The van der Waals surface area contributed by atoms with E-state index in [0.717, 1.165) is 25.5 Å². The molecule has 0 spiro atoms. The number of carbonyl (C=O) groups excluding carboxylic acids is 1. The molecule has 34 heavy (non-hydrogen) atoms. The van der Waals surface area contributed by atoms with E-state index in [-0.39, 0.29) is 18.1 Å². The Kier molecular flexibility index (Phi) is 7.44. The van der Waals surface area contributed by atoms with Gasteiger partial charge < -0.3 is 9.15 Å². The topological polar surface area (TPSA) is 107 Å². The summed E-state index contributed by atoms with van der Waals surface area (Å²) in [4.78, 5) is 22.7. The molecule has 0 saturated heterocycles. The minimum absolute atomic E-state index is 0.0296. The fourth-order valence-corrected chi connectivity index (χ4v) is 4.85. The second-order valence-corrected chi connectivity index (χ2v) is 9.64. The van der Waals surface area contributed by atoms with Gasteiger partial charge in [0.1, 0.15) is 17.9 Å². The summed E-state index contributed by atoms with van der Waals surface area (Å²) in [5.41, 5.74) is 4.58. The highest BCUT2D eigenvalue weighted by Crippen LogP contribution is 2.31. The Morgan fingerprint density at radius 3 is 2.53 bits per heavy atom. The zero-order chi connectivity index (χ0) is 24.2. The van der Waals surface area contributed by atoms with Gasteiger partial charge in [0.05, 0.1) is 20.1 Å². The second-order valence-electron chi connectivity index (χ2n) is 7.02. The van der Waals surface area contributed by atoms with E-state index in [0.29, 0.717) is 15.8 Å². The lowest BCUT2D eigenvalue weighted by molar-refractivity contribution is -0.384. The molecule has 0 aliphatic rings. The summed E-state index contributed by atoms with van der Waals surface area (Å²) in [6.45, 7) is 0.254. The van der Waals surface area contributed by atoms with Gasteiger partial charge in [0.25, 0.3) is 5.69 Å². The zero-order valence-corrected chi connectivity index (χ0v) is 21.9. The second kappa shape index (κ2) is 10.5. The van der Waals surface area contributed by atoms with Crippen LogP contribution in [0.4, 0.5) is 5.69 Å². The molecule has 0 aliphatic carbocycles. The normalized spacial score (nSPS) is 11.1. The SMILES string of the molecule is O=C(N/N=C\c1ccc(OCc2ccc([N+](=O)[O-])cc2)c(Br)c1)c1cc2cc(Br)cc(Br)c2o1. The molecule has 1 N–H and O–H groups in total. The van der Waals surface area contributed by atoms with Gasteiger partial charge in [0, 0.05) is 22.0 Å². The number of nitro benzene ring substituents is 1. The van der Waals surface area contributed by atoms with Gasteiger partial charge in [-0.15, -0.1) is 0 Å². The van der Waals surface area contributed by atoms with Crippen LogP contribution in [0, 0.1) is 10.1 Å². The van der Waals surface area contributed by atoms with Crippen LogP contribution in [-0.4, -0.2) is 17.0 Å². The van der Waals surface area contributed by atoms with Crippen molar-refractivity contribution in [3.63, 3.8) is 0 Å². The number of hydrogen-bond donors (Lipinski definition) is 1. The first-order valence-electron chi connectivity index (χ1n) is 9.68. The Bertz CT molecular complexity index is 1420. The number of nitrogens with zero attached hydrogens (tertiary/aromatic N) is 2. The molecule has 4 rings (SSSR count). The van der Waals surface area contributed by atoms with Crippen LogP contribution in [0.25, 0.3) is 11.0 Å². The van der Waals surface area contributed by atoms with Gasteiger partial charge in [-0.3, -0.25) is 14.9 Å². The number of benzene rings is 3. The molecular formula is C23H14Br3N3O5. The number of hydrazone groups is 1. The first-order valence-corrected chi connectivity index (χ1v) is 12.1. The van der Waals surface area contributed by atoms with Crippen molar-refractivity contribution in [2.75, 3.05) is 0 Å². The van der Waals surface area contributed by atoms with E-state index in [1.54, 1.807) is 36.4 Å². The van der Waals surface area contributed by atoms with Crippen LogP contribution >= 0.6 is 47.8 Å². The van der Waals surface area contributed by atoms with Gasteiger partial charge in [0.15, 0.2) is 5.76 Å². The first-order chi connectivity index (χ1) is 16.3. The molecule has 3 aromatic carbocycles. The number of rotatable bonds is 7. The molecule has 0 unspecified atom stereocenters. The van der Waals surface area contributed by atoms with Crippen LogP contribution in [0.5, 0.6) is 5.75 Å². The predicted molar refractivity (Wildman–Crippen MR) is 138 cm³/mol. The van der Waals surface area contributed by atoms with E-state index in [4.69, 9.17) is 9.15 Å². The van der Waals surface area contributed by atoms with E-state index in [1.165, 1.54) is 18.3 Å². The smallest absolute Gasteiger partial charge is 0.307 e. The third-order valence-electron chi connectivity index (χ3n) is 4.64. The lowest BCUT2D eigenvalue weighted by atomic mass is 10.2.